The molecule has 0 spiro atoms. The number of hydrogen-bond acceptors (Lipinski definition) is 3. The Hall–Kier alpha value is -2.08. The highest BCUT2D eigenvalue weighted by Gasteiger charge is 2.22. The van der Waals surface area contributed by atoms with Gasteiger partial charge >= 0.3 is 6.03 Å². The first kappa shape index (κ1) is 17.0. The number of amides is 3. The first-order valence-corrected chi connectivity index (χ1v) is 6.87. The fourth-order valence-corrected chi connectivity index (χ4v) is 1.93. The van der Waals surface area contributed by atoms with Gasteiger partial charge < -0.3 is 21.1 Å². The number of carbonyl (C=O) groups is 2. The molecule has 0 aliphatic rings. The zero-order chi connectivity index (χ0) is 16.0. The van der Waals surface area contributed by atoms with Crippen molar-refractivity contribution in [2.45, 2.75) is 32.9 Å². The van der Waals surface area contributed by atoms with Crippen molar-refractivity contribution in [2.75, 3.05) is 13.1 Å². The summed E-state index contributed by atoms with van der Waals surface area (Å²) in [7, 11) is 0. The molecule has 1 aromatic carbocycles. The summed E-state index contributed by atoms with van der Waals surface area (Å²) >= 11 is 0. The number of nitrogens with one attached hydrogen (secondary N) is 1. The van der Waals surface area contributed by atoms with Crippen LogP contribution in [0.25, 0.3) is 0 Å². The van der Waals surface area contributed by atoms with Gasteiger partial charge in [-0.1, -0.05) is 12.1 Å². The van der Waals surface area contributed by atoms with Crippen molar-refractivity contribution >= 4 is 11.9 Å². The molecule has 1 rings (SSSR count). The van der Waals surface area contributed by atoms with Crippen molar-refractivity contribution < 1.29 is 14.7 Å². The molecule has 1 aromatic rings. The van der Waals surface area contributed by atoms with Gasteiger partial charge in [0.1, 0.15) is 0 Å². The van der Waals surface area contributed by atoms with Crippen LogP contribution < -0.4 is 11.1 Å². The van der Waals surface area contributed by atoms with Gasteiger partial charge in [0.25, 0.3) is 5.91 Å². The highest BCUT2D eigenvalue weighted by molar-refractivity contribution is 5.94. The zero-order valence-electron chi connectivity index (χ0n) is 12.7. The lowest BCUT2D eigenvalue weighted by molar-refractivity contribution is 0.0314. The SMILES string of the molecule is CCN(CC(C)(C)O)C(=O)c1ccc(CNC(N)=O)cc1. The lowest BCUT2D eigenvalue weighted by Crippen LogP contribution is -2.42. The van der Waals surface area contributed by atoms with Crippen LogP contribution in [0, 0.1) is 0 Å². The predicted molar refractivity (Wildman–Crippen MR) is 80.7 cm³/mol. The minimum absolute atomic E-state index is 0.131. The molecular formula is C15H23N3O3. The van der Waals surface area contributed by atoms with Crippen molar-refractivity contribution in [2.24, 2.45) is 5.73 Å². The van der Waals surface area contributed by atoms with E-state index in [-0.39, 0.29) is 12.5 Å². The number of aliphatic hydroxyl groups is 1. The summed E-state index contributed by atoms with van der Waals surface area (Å²) in [5.41, 5.74) is 5.47. The van der Waals surface area contributed by atoms with Crippen LogP contribution in [0.5, 0.6) is 0 Å². The topological polar surface area (TPSA) is 95.7 Å². The van der Waals surface area contributed by atoms with Crippen LogP contribution in [0.4, 0.5) is 4.79 Å². The molecule has 3 amide bonds. The maximum atomic E-state index is 12.4. The molecule has 6 nitrogen and oxygen atoms in total. The van der Waals surface area contributed by atoms with Crippen molar-refractivity contribution in [3.8, 4) is 0 Å². The Kier molecular flexibility index (Phi) is 5.72. The Morgan fingerprint density at radius 2 is 1.86 bits per heavy atom. The van der Waals surface area contributed by atoms with E-state index >= 15 is 0 Å². The lowest BCUT2D eigenvalue weighted by atomic mass is 10.1. The number of urea groups is 1. The minimum atomic E-state index is -0.934. The van der Waals surface area contributed by atoms with E-state index in [1.807, 2.05) is 6.92 Å². The van der Waals surface area contributed by atoms with Gasteiger partial charge in [0, 0.05) is 25.2 Å². The molecule has 6 heteroatoms. The molecule has 0 saturated carbocycles. The Balaban J connectivity index is 2.75. The van der Waals surface area contributed by atoms with Gasteiger partial charge in [0.2, 0.25) is 0 Å². The van der Waals surface area contributed by atoms with Gasteiger partial charge in [0.05, 0.1) is 5.60 Å². The van der Waals surface area contributed by atoms with Crippen LogP contribution in [-0.4, -0.2) is 40.6 Å². The number of hydrogen-bond donors (Lipinski definition) is 3. The monoisotopic (exact) mass is 293 g/mol. The van der Waals surface area contributed by atoms with Crippen molar-refractivity contribution in [1.29, 1.82) is 0 Å². The van der Waals surface area contributed by atoms with E-state index in [0.29, 0.717) is 18.7 Å². The normalized spacial score (nSPS) is 11.0. The molecule has 0 bridgehead atoms. The maximum absolute atomic E-state index is 12.4. The molecule has 116 valence electrons. The van der Waals surface area contributed by atoms with E-state index in [9.17, 15) is 14.7 Å². The molecule has 0 radical (unpaired) electrons. The van der Waals surface area contributed by atoms with E-state index < -0.39 is 11.6 Å². The average Bonchev–Trinajstić information content (AvgIpc) is 2.41. The van der Waals surface area contributed by atoms with E-state index in [2.05, 4.69) is 5.32 Å². The van der Waals surface area contributed by atoms with Crippen LogP contribution >= 0.6 is 0 Å². The van der Waals surface area contributed by atoms with E-state index in [0.717, 1.165) is 5.56 Å². The van der Waals surface area contributed by atoms with Gasteiger partial charge in [-0.3, -0.25) is 4.79 Å². The molecule has 0 fully saturated rings. The number of likely N-dealkylation sites (N-methyl/N-ethyl adjacent to an activating group) is 1. The van der Waals surface area contributed by atoms with Gasteiger partial charge in [-0.2, -0.15) is 0 Å². The minimum Gasteiger partial charge on any atom is -0.389 e. The number of benzene rings is 1. The largest absolute Gasteiger partial charge is 0.389 e. The molecule has 4 N–H and O–H groups in total. The van der Waals surface area contributed by atoms with Crippen molar-refractivity contribution in [1.82, 2.24) is 10.2 Å². The molecular weight excluding hydrogens is 270 g/mol. The molecule has 0 saturated heterocycles. The van der Waals surface area contributed by atoms with Crippen LogP contribution in [0.1, 0.15) is 36.7 Å². The summed E-state index contributed by atoms with van der Waals surface area (Å²) in [4.78, 5) is 24.6. The van der Waals surface area contributed by atoms with Gasteiger partial charge in [-0.05, 0) is 38.5 Å². The molecule has 0 aromatic heterocycles. The smallest absolute Gasteiger partial charge is 0.312 e. The number of primary amides is 1. The number of rotatable bonds is 6. The Labute approximate surface area is 124 Å². The summed E-state index contributed by atoms with van der Waals surface area (Å²) < 4.78 is 0. The third kappa shape index (κ3) is 5.83. The number of nitrogens with zero attached hydrogens (tertiary/aromatic N) is 1. The predicted octanol–water partition coefficient (Wildman–Crippen LogP) is 1.09. The third-order valence-electron chi connectivity index (χ3n) is 2.91. The van der Waals surface area contributed by atoms with E-state index in [4.69, 9.17) is 5.73 Å². The van der Waals surface area contributed by atoms with Crippen LogP contribution in [-0.2, 0) is 6.54 Å². The Morgan fingerprint density at radius 1 is 1.29 bits per heavy atom. The Bertz CT molecular complexity index is 492. The standard InChI is InChI=1S/C15H23N3O3/c1-4-18(10-15(2,3)21)13(19)12-7-5-11(6-8-12)9-17-14(16)20/h5-8,21H,4,9-10H2,1-3H3,(H3,16,17,20). The van der Waals surface area contributed by atoms with Crippen LogP contribution in [0.2, 0.25) is 0 Å². The number of nitrogens with two attached hydrogens (primary N) is 1. The molecule has 0 aliphatic carbocycles. The zero-order valence-corrected chi connectivity index (χ0v) is 12.7. The first-order chi connectivity index (χ1) is 9.73. The highest BCUT2D eigenvalue weighted by atomic mass is 16.3. The lowest BCUT2D eigenvalue weighted by Gasteiger charge is -2.28. The summed E-state index contributed by atoms with van der Waals surface area (Å²) in [5, 5.41) is 12.3. The fraction of sp³-hybridized carbons (Fsp3) is 0.467. The van der Waals surface area contributed by atoms with Crippen molar-refractivity contribution in [3.63, 3.8) is 0 Å². The summed E-state index contributed by atoms with van der Waals surface area (Å²) in [6, 6.07) is 6.35. The summed E-state index contributed by atoms with van der Waals surface area (Å²) in [6.07, 6.45) is 0. The van der Waals surface area contributed by atoms with E-state index in [1.54, 1.807) is 43.0 Å². The second-order valence-corrected chi connectivity index (χ2v) is 5.55. The van der Waals surface area contributed by atoms with Crippen molar-refractivity contribution in [3.05, 3.63) is 35.4 Å². The maximum Gasteiger partial charge on any atom is 0.312 e. The van der Waals surface area contributed by atoms with Crippen LogP contribution in [0.3, 0.4) is 0 Å². The number of carbonyl (C=O) groups excluding carboxylic acids is 2. The molecule has 0 unspecified atom stereocenters. The summed E-state index contributed by atoms with van der Waals surface area (Å²) in [6.45, 7) is 6.32. The Morgan fingerprint density at radius 3 is 2.29 bits per heavy atom. The second-order valence-electron chi connectivity index (χ2n) is 5.55. The molecule has 0 heterocycles. The summed E-state index contributed by atoms with van der Waals surface area (Å²) in [5.74, 6) is -0.131. The molecule has 0 atom stereocenters. The fourth-order valence-electron chi connectivity index (χ4n) is 1.93. The van der Waals surface area contributed by atoms with Crippen LogP contribution in [0.15, 0.2) is 24.3 Å². The van der Waals surface area contributed by atoms with E-state index in [1.165, 1.54) is 0 Å². The third-order valence-corrected chi connectivity index (χ3v) is 2.91. The van der Waals surface area contributed by atoms with Gasteiger partial charge in [0.15, 0.2) is 0 Å². The van der Waals surface area contributed by atoms with Gasteiger partial charge in [-0.15, -0.1) is 0 Å². The van der Waals surface area contributed by atoms with Gasteiger partial charge in [-0.25, -0.2) is 4.79 Å². The first-order valence-electron chi connectivity index (χ1n) is 6.87. The highest BCUT2D eigenvalue weighted by Crippen LogP contribution is 2.11. The quantitative estimate of drug-likeness (QED) is 0.732. The average molecular weight is 293 g/mol. The molecule has 21 heavy (non-hydrogen) atoms. The second kappa shape index (κ2) is 7.08. The molecule has 0 aliphatic heterocycles.